The summed E-state index contributed by atoms with van der Waals surface area (Å²) in [6.45, 7) is 2.23. The SMILES string of the molecule is C(=[N+]1/NC2CCC1C2)/C(/C=C/c1ccccc1)(COCc1ccccc1)COCc1ccccc1. The molecule has 4 nitrogen and oxygen atoms in total. The van der Waals surface area contributed by atoms with Gasteiger partial charge in [-0.25, -0.2) is 0 Å². The van der Waals surface area contributed by atoms with Gasteiger partial charge >= 0.3 is 0 Å². The van der Waals surface area contributed by atoms with E-state index in [2.05, 4.69) is 101 Å². The second kappa shape index (κ2) is 11.5. The molecule has 5 rings (SSSR count). The normalized spacial score (nSPS) is 20.5. The lowest BCUT2D eigenvalue weighted by Gasteiger charge is -2.26. The van der Waals surface area contributed by atoms with Crippen LogP contribution in [-0.4, -0.2) is 36.2 Å². The van der Waals surface area contributed by atoms with Gasteiger partial charge in [0.05, 0.1) is 32.5 Å². The highest BCUT2D eigenvalue weighted by Gasteiger charge is 2.44. The summed E-state index contributed by atoms with van der Waals surface area (Å²) >= 11 is 0. The molecule has 1 saturated heterocycles. The molecule has 1 N–H and O–H groups in total. The number of nitrogens with one attached hydrogen (secondary N) is 1. The molecule has 1 aliphatic heterocycles. The second-order valence-corrected chi connectivity index (χ2v) is 9.76. The van der Waals surface area contributed by atoms with Gasteiger partial charge in [0, 0.05) is 12.8 Å². The molecule has 4 heteroatoms. The van der Waals surface area contributed by atoms with E-state index < -0.39 is 5.41 Å². The molecule has 3 aromatic rings. The fourth-order valence-electron chi connectivity index (χ4n) is 5.01. The molecule has 1 aliphatic carbocycles. The number of rotatable bonds is 11. The predicted octanol–water partition coefficient (Wildman–Crippen LogP) is 5.64. The number of benzene rings is 3. The molecular formula is C31H35N2O2+. The molecule has 2 aliphatic rings. The Labute approximate surface area is 208 Å². The summed E-state index contributed by atoms with van der Waals surface area (Å²) in [4.78, 5) is 0. The quantitative estimate of drug-likeness (QED) is 0.371. The van der Waals surface area contributed by atoms with Crippen LogP contribution in [0.3, 0.4) is 0 Å². The molecule has 0 aromatic heterocycles. The van der Waals surface area contributed by atoms with E-state index in [0.29, 0.717) is 38.5 Å². The molecular weight excluding hydrogens is 432 g/mol. The fraction of sp³-hybridized carbons (Fsp3) is 0.323. The Balaban J connectivity index is 1.40. The van der Waals surface area contributed by atoms with Crippen molar-refractivity contribution >= 4 is 12.3 Å². The zero-order chi connectivity index (χ0) is 23.8. The van der Waals surface area contributed by atoms with E-state index in [1.165, 1.54) is 36.0 Å². The monoisotopic (exact) mass is 467 g/mol. The van der Waals surface area contributed by atoms with Crippen molar-refractivity contribution in [3.05, 3.63) is 114 Å². The highest BCUT2D eigenvalue weighted by atomic mass is 16.5. The van der Waals surface area contributed by atoms with E-state index in [0.717, 1.165) is 0 Å². The van der Waals surface area contributed by atoms with E-state index in [-0.39, 0.29) is 0 Å². The van der Waals surface area contributed by atoms with Crippen molar-refractivity contribution in [1.29, 1.82) is 0 Å². The number of hydrazone groups is 1. The van der Waals surface area contributed by atoms with Gasteiger partial charge in [-0.05, 0) is 23.1 Å². The number of fused-ring (bicyclic) bond motifs is 2. The largest absolute Gasteiger partial charge is 0.375 e. The minimum atomic E-state index is -0.406. The van der Waals surface area contributed by atoms with E-state index in [4.69, 9.17) is 9.47 Å². The first-order valence-electron chi connectivity index (χ1n) is 12.7. The van der Waals surface area contributed by atoms with Gasteiger partial charge in [-0.3, -0.25) is 0 Å². The second-order valence-electron chi connectivity index (χ2n) is 9.76. The average molecular weight is 468 g/mol. The average Bonchev–Trinajstić information content (AvgIpc) is 3.53. The van der Waals surface area contributed by atoms with Gasteiger partial charge in [0.15, 0.2) is 12.3 Å². The van der Waals surface area contributed by atoms with Gasteiger partial charge in [-0.15, -0.1) is 4.68 Å². The van der Waals surface area contributed by atoms with Crippen molar-refractivity contribution in [2.45, 2.75) is 44.6 Å². The summed E-state index contributed by atoms with van der Waals surface area (Å²) in [6, 6.07) is 32.3. The third-order valence-electron chi connectivity index (χ3n) is 6.90. The Morgan fingerprint density at radius 2 is 1.34 bits per heavy atom. The standard InChI is InChI=1S/C31H35N2O2/c1-4-10-26(11-5-1)18-19-31(23-33-30-17-16-29(20-30)32-33,24-34-21-27-12-6-2-7-13-27)25-35-22-28-14-8-3-9-15-28/h1-15,18-19,23,29-30,32H,16-17,20-22,24-25H2/q+1/b19-18+,33-23-. The van der Waals surface area contributed by atoms with Crippen molar-refractivity contribution in [1.82, 2.24) is 5.43 Å². The third kappa shape index (κ3) is 6.47. The first-order chi connectivity index (χ1) is 17.3. The Morgan fingerprint density at radius 3 is 1.86 bits per heavy atom. The van der Waals surface area contributed by atoms with Gasteiger partial charge in [0.1, 0.15) is 5.41 Å². The maximum Gasteiger partial charge on any atom is 0.184 e. The third-order valence-corrected chi connectivity index (χ3v) is 6.90. The molecule has 1 saturated carbocycles. The van der Waals surface area contributed by atoms with Crippen LogP contribution in [0.15, 0.2) is 97.1 Å². The van der Waals surface area contributed by atoms with Crippen LogP contribution < -0.4 is 5.43 Å². The van der Waals surface area contributed by atoms with E-state index in [1.807, 2.05) is 18.2 Å². The number of hydrogen-bond donors (Lipinski definition) is 1. The van der Waals surface area contributed by atoms with Crippen LogP contribution in [0.4, 0.5) is 0 Å². The van der Waals surface area contributed by atoms with Gasteiger partial charge in [0.2, 0.25) is 0 Å². The van der Waals surface area contributed by atoms with Crippen LogP contribution in [0.5, 0.6) is 0 Å². The van der Waals surface area contributed by atoms with E-state index in [9.17, 15) is 0 Å². The van der Waals surface area contributed by atoms with Crippen LogP contribution in [0, 0.1) is 5.41 Å². The van der Waals surface area contributed by atoms with Gasteiger partial charge in [0.25, 0.3) is 0 Å². The van der Waals surface area contributed by atoms with Crippen molar-refractivity contribution in [3.63, 3.8) is 0 Å². The molecule has 3 aromatic carbocycles. The minimum Gasteiger partial charge on any atom is -0.375 e. The summed E-state index contributed by atoms with van der Waals surface area (Å²) in [6.07, 6.45) is 10.5. The smallest absolute Gasteiger partial charge is 0.184 e. The van der Waals surface area contributed by atoms with Crippen LogP contribution in [0.2, 0.25) is 0 Å². The number of ether oxygens (including phenoxy) is 2. The lowest BCUT2D eigenvalue weighted by atomic mass is 9.89. The highest BCUT2D eigenvalue weighted by molar-refractivity contribution is 5.68. The molecule has 0 spiro atoms. The van der Waals surface area contributed by atoms with Crippen LogP contribution in [-0.2, 0) is 22.7 Å². The number of hydrogen-bond acceptors (Lipinski definition) is 3. The lowest BCUT2D eigenvalue weighted by molar-refractivity contribution is -0.607. The van der Waals surface area contributed by atoms with Crippen LogP contribution >= 0.6 is 0 Å². The zero-order valence-electron chi connectivity index (χ0n) is 20.3. The Bertz CT molecular complexity index is 1070. The summed E-state index contributed by atoms with van der Waals surface area (Å²) in [5.74, 6) is 0. The Hall–Kier alpha value is -3.21. The van der Waals surface area contributed by atoms with Gasteiger partial charge < -0.3 is 9.47 Å². The summed E-state index contributed by atoms with van der Waals surface area (Å²) in [5.41, 5.74) is 6.82. The highest BCUT2D eigenvalue weighted by Crippen LogP contribution is 2.29. The van der Waals surface area contributed by atoms with Crippen LogP contribution in [0.1, 0.15) is 36.0 Å². The predicted molar refractivity (Wildman–Crippen MR) is 141 cm³/mol. The van der Waals surface area contributed by atoms with Crippen molar-refractivity contribution in [2.75, 3.05) is 13.2 Å². The Morgan fingerprint density at radius 1 is 0.771 bits per heavy atom. The molecule has 1 heterocycles. The van der Waals surface area contributed by atoms with Crippen molar-refractivity contribution < 1.29 is 14.2 Å². The molecule has 2 unspecified atom stereocenters. The Kier molecular flexibility index (Phi) is 7.72. The number of hydrazine groups is 1. The maximum atomic E-state index is 6.35. The molecule has 0 radical (unpaired) electrons. The van der Waals surface area contributed by atoms with Crippen molar-refractivity contribution in [3.8, 4) is 0 Å². The molecule has 2 fully saturated rings. The zero-order valence-corrected chi connectivity index (χ0v) is 20.3. The van der Waals surface area contributed by atoms with Gasteiger partial charge in [-0.1, -0.05) is 103 Å². The minimum absolute atomic E-state index is 0.406. The molecule has 0 amide bonds. The fourth-order valence-corrected chi connectivity index (χ4v) is 5.01. The topological polar surface area (TPSA) is 33.5 Å². The maximum absolute atomic E-state index is 6.35. The van der Waals surface area contributed by atoms with Crippen LogP contribution in [0.25, 0.3) is 6.08 Å². The van der Waals surface area contributed by atoms with E-state index in [1.54, 1.807) is 0 Å². The molecule has 35 heavy (non-hydrogen) atoms. The molecule has 180 valence electrons. The van der Waals surface area contributed by atoms with Crippen molar-refractivity contribution in [2.24, 2.45) is 5.41 Å². The number of nitrogens with zero attached hydrogens (tertiary/aromatic N) is 1. The molecule has 2 atom stereocenters. The lowest BCUT2D eigenvalue weighted by Crippen LogP contribution is -2.43. The summed E-state index contributed by atoms with van der Waals surface area (Å²) in [7, 11) is 0. The summed E-state index contributed by atoms with van der Waals surface area (Å²) < 4.78 is 15.0. The first-order valence-corrected chi connectivity index (χ1v) is 12.7. The van der Waals surface area contributed by atoms with Gasteiger partial charge in [-0.2, -0.15) is 5.43 Å². The first kappa shape index (κ1) is 23.5. The summed E-state index contributed by atoms with van der Waals surface area (Å²) in [5, 5.41) is 0. The van der Waals surface area contributed by atoms with E-state index >= 15 is 0 Å². The molecule has 2 bridgehead atoms.